The summed E-state index contributed by atoms with van der Waals surface area (Å²) in [5, 5.41) is 14.2. The minimum atomic E-state index is -0.730. The van der Waals surface area contributed by atoms with Gasteiger partial charge in [0.15, 0.2) is 18.1 Å². The lowest BCUT2D eigenvalue weighted by Gasteiger charge is -2.31. The van der Waals surface area contributed by atoms with Gasteiger partial charge in [-0.25, -0.2) is 4.68 Å². The van der Waals surface area contributed by atoms with Gasteiger partial charge in [-0.2, -0.15) is 5.10 Å². The lowest BCUT2D eigenvalue weighted by atomic mass is 9.96. The van der Waals surface area contributed by atoms with Crippen molar-refractivity contribution in [1.29, 1.82) is 0 Å². The Morgan fingerprint density at radius 3 is 2.29 bits per heavy atom. The van der Waals surface area contributed by atoms with Gasteiger partial charge in [-0.15, -0.1) is 0 Å². The number of ether oxygens (including phenoxy) is 1. The lowest BCUT2D eigenvalue weighted by Crippen LogP contribution is -2.48. The van der Waals surface area contributed by atoms with Crippen LogP contribution in [-0.4, -0.2) is 57.2 Å². The van der Waals surface area contributed by atoms with Crippen LogP contribution in [0.15, 0.2) is 66.9 Å². The summed E-state index contributed by atoms with van der Waals surface area (Å²) in [5.41, 5.74) is 5.16. The van der Waals surface area contributed by atoms with Crippen molar-refractivity contribution < 1.29 is 24.2 Å². The Labute approximate surface area is 196 Å². The van der Waals surface area contributed by atoms with Gasteiger partial charge in [0.1, 0.15) is 5.75 Å². The summed E-state index contributed by atoms with van der Waals surface area (Å²) < 4.78 is 6.87. The average Bonchev–Trinajstić information content (AvgIpc) is 3.28. The van der Waals surface area contributed by atoms with Gasteiger partial charge in [-0.3, -0.25) is 25.2 Å². The first kappa shape index (κ1) is 22.8. The highest BCUT2D eigenvalue weighted by Gasteiger charge is 2.28. The number of rotatable bonds is 6. The Bertz CT molecular complexity index is 1140. The van der Waals surface area contributed by atoms with Crippen LogP contribution in [0.3, 0.4) is 0 Å². The van der Waals surface area contributed by atoms with Crippen LogP contribution in [-0.2, 0) is 9.59 Å². The van der Waals surface area contributed by atoms with Crippen LogP contribution in [0.5, 0.6) is 11.5 Å². The molecule has 0 radical (unpaired) electrons. The van der Waals surface area contributed by atoms with E-state index in [4.69, 9.17) is 4.74 Å². The van der Waals surface area contributed by atoms with Gasteiger partial charge in [0, 0.05) is 19.0 Å². The lowest BCUT2D eigenvalue weighted by molar-refractivity contribution is -0.137. The third-order valence-electron chi connectivity index (χ3n) is 5.55. The molecule has 2 heterocycles. The number of piperidine rings is 1. The number of nitrogens with zero attached hydrogens (tertiary/aromatic N) is 3. The maximum absolute atomic E-state index is 12.5. The first-order valence-corrected chi connectivity index (χ1v) is 10.9. The molecule has 1 aliphatic heterocycles. The Morgan fingerprint density at radius 2 is 1.62 bits per heavy atom. The van der Waals surface area contributed by atoms with Crippen LogP contribution >= 0.6 is 0 Å². The predicted molar refractivity (Wildman–Crippen MR) is 122 cm³/mol. The van der Waals surface area contributed by atoms with Crippen molar-refractivity contribution in [1.82, 2.24) is 25.5 Å². The third-order valence-corrected chi connectivity index (χ3v) is 5.55. The maximum atomic E-state index is 12.5. The number of carbonyl (C=O) groups excluding carboxylic acids is 3. The SMILES string of the molecule is O=C(NNC(=O)C1CCN(C(=O)COc2ccccc2)CC1)c1nn(-c2ccccc2)cc1O. The summed E-state index contributed by atoms with van der Waals surface area (Å²) in [6.07, 6.45) is 2.25. The van der Waals surface area contributed by atoms with Crippen molar-refractivity contribution in [2.24, 2.45) is 5.92 Å². The number of carbonyl (C=O) groups is 3. The highest BCUT2D eigenvalue weighted by atomic mass is 16.5. The average molecular weight is 463 g/mol. The Kier molecular flexibility index (Phi) is 7.07. The fourth-order valence-electron chi connectivity index (χ4n) is 3.66. The highest BCUT2D eigenvalue weighted by Crippen LogP contribution is 2.19. The fraction of sp³-hybridized carbons (Fsp3) is 0.250. The van der Waals surface area contributed by atoms with Gasteiger partial charge >= 0.3 is 0 Å². The normalized spacial score (nSPS) is 13.8. The minimum Gasteiger partial charge on any atom is -0.504 e. The zero-order valence-corrected chi connectivity index (χ0v) is 18.4. The van der Waals surface area contributed by atoms with Crippen LogP contribution in [0.25, 0.3) is 5.69 Å². The maximum Gasteiger partial charge on any atom is 0.294 e. The number of hydrogen-bond donors (Lipinski definition) is 3. The van der Waals surface area contributed by atoms with E-state index in [9.17, 15) is 19.5 Å². The van der Waals surface area contributed by atoms with Crippen LogP contribution in [0, 0.1) is 5.92 Å². The molecule has 0 saturated carbocycles. The summed E-state index contributed by atoms with van der Waals surface area (Å²) in [7, 11) is 0. The molecule has 1 aliphatic rings. The van der Waals surface area contributed by atoms with Crippen molar-refractivity contribution in [2.45, 2.75) is 12.8 Å². The molecule has 4 rings (SSSR count). The van der Waals surface area contributed by atoms with E-state index in [0.717, 1.165) is 0 Å². The minimum absolute atomic E-state index is 0.0595. The molecule has 34 heavy (non-hydrogen) atoms. The summed E-state index contributed by atoms with van der Waals surface area (Å²) >= 11 is 0. The molecule has 0 aliphatic carbocycles. The van der Waals surface area contributed by atoms with Crippen LogP contribution in [0.2, 0.25) is 0 Å². The molecule has 0 atom stereocenters. The van der Waals surface area contributed by atoms with Gasteiger partial charge in [0.2, 0.25) is 5.91 Å². The number of aromatic nitrogens is 2. The molecule has 3 N–H and O–H groups in total. The van der Waals surface area contributed by atoms with Crippen molar-refractivity contribution in [3.8, 4) is 17.2 Å². The highest BCUT2D eigenvalue weighted by molar-refractivity contribution is 5.96. The summed E-state index contributed by atoms with van der Waals surface area (Å²) in [4.78, 5) is 38.9. The second-order valence-electron chi connectivity index (χ2n) is 7.84. The monoisotopic (exact) mass is 463 g/mol. The number of nitrogens with one attached hydrogen (secondary N) is 2. The Balaban J connectivity index is 1.22. The van der Waals surface area contributed by atoms with Crippen LogP contribution in [0.1, 0.15) is 23.3 Å². The Hall–Kier alpha value is -4.34. The zero-order valence-electron chi connectivity index (χ0n) is 18.4. The molecule has 0 spiro atoms. The standard InChI is InChI=1S/C24H25N5O5/c30-20-15-29(18-7-3-1-4-8-18)27-22(20)24(33)26-25-23(32)17-11-13-28(14-12-17)21(31)16-34-19-9-5-2-6-10-19/h1-10,15,17,30H,11-14,16H2,(H,25,32)(H,26,33). The van der Waals surface area contributed by atoms with Crippen molar-refractivity contribution in [3.63, 3.8) is 0 Å². The molecule has 1 saturated heterocycles. The molecule has 1 fully saturated rings. The molecule has 10 heteroatoms. The zero-order chi connectivity index (χ0) is 23.9. The summed E-state index contributed by atoms with van der Waals surface area (Å²) in [6.45, 7) is 0.784. The number of benzene rings is 2. The van der Waals surface area contributed by atoms with Crippen LogP contribution < -0.4 is 15.6 Å². The number of aromatic hydroxyl groups is 1. The van der Waals surface area contributed by atoms with E-state index in [2.05, 4.69) is 16.0 Å². The van der Waals surface area contributed by atoms with E-state index in [1.165, 1.54) is 10.9 Å². The van der Waals surface area contributed by atoms with E-state index in [1.807, 2.05) is 36.4 Å². The van der Waals surface area contributed by atoms with E-state index >= 15 is 0 Å². The van der Waals surface area contributed by atoms with Crippen LogP contribution in [0.4, 0.5) is 0 Å². The molecule has 0 unspecified atom stereocenters. The van der Waals surface area contributed by atoms with Gasteiger partial charge in [0.05, 0.1) is 11.9 Å². The van der Waals surface area contributed by atoms with Gasteiger partial charge in [-0.05, 0) is 37.1 Å². The fourth-order valence-corrected chi connectivity index (χ4v) is 3.66. The first-order valence-electron chi connectivity index (χ1n) is 10.9. The molecule has 1 aromatic heterocycles. The second-order valence-corrected chi connectivity index (χ2v) is 7.84. The quantitative estimate of drug-likeness (QED) is 0.478. The van der Waals surface area contributed by atoms with Crippen molar-refractivity contribution in [3.05, 3.63) is 72.6 Å². The molecular weight excluding hydrogens is 438 g/mol. The molecule has 3 aromatic rings. The van der Waals surface area contributed by atoms with Crippen molar-refractivity contribution >= 4 is 17.7 Å². The topological polar surface area (TPSA) is 126 Å². The molecule has 176 valence electrons. The molecule has 10 nitrogen and oxygen atoms in total. The molecular formula is C24H25N5O5. The second kappa shape index (κ2) is 10.5. The largest absolute Gasteiger partial charge is 0.504 e. The molecule has 2 aromatic carbocycles. The third kappa shape index (κ3) is 5.52. The van der Waals surface area contributed by atoms with E-state index in [0.29, 0.717) is 37.4 Å². The number of para-hydroxylation sites is 2. The smallest absolute Gasteiger partial charge is 0.294 e. The molecule has 3 amide bonds. The number of hydrazine groups is 1. The Morgan fingerprint density at radius 1 is 0.971 bits per heavy atom. The number of hydrogen-bond acceptors (Lipinski definition) is 6. The van der Waals surface area contributed by atoms with Gasteiger partial charge < -0.3 is 14.7 Å². The van der Waals surface area contributed by atoms with Crippen molar-refractivity contribution in [2.75, 3.05) is 19.7 Å². The van der Waals surface area contributed by atoms with E-state index in [-0.39, 0.29) is 35.8 Å². The van der Waals surface area contributed by atoms with Gasteiger partial charge in [0.25, 0.3) is 11.8 Å². The first-order chi connectivity index (χ1) is 16.5. The van der Waals surface area contributed by atoms with Gasteiger partial charge in [-0.1, -0.05) is 36.4 Å². The van der Waals surface area contributed by atoms with E-state index < -0.39 is 5.91 Å². The summed E-state index contributed by atoms with van der Waals surface area (Å²) in [6, 6.07) is 18.1. The molecule has 0 bridgehead atoms. The number of likely N-dealkylation sites (tertiary alicyclic amines) is 1. The number of amides is 3. The predicted octanol–water partition coefficient (Wildman–Crippen LogP) is 1.66. The summed E-state index contributed by atoms with van der Waals surface area (Å²) in [5.74, 6) is -1.26. The van der Waals surface area contributed by atoms with E-state index in [1.54, 1.807) is 29.2 Å².